The number of hydrogen-bond donors (Lipinski definition) is 1. The Hall–Kier alpha value is -2.16. The molecule has 0 spiro atoms. The van der Waals surface area contributed by atoms with E-state index in [2.05, 4.69) is 31.3 Å². The molecule has 1 N–H and O–H groups in total. The van der Waals surface area contributed by atoms with Crippen LogP contribution in [-0.2, 0) is 0 Å². The molecule has 1 nitrogen and oxygen atoms in total. The van der Waals surface area contributed by atoms with E-state index in [0.29, 0.717) is 17.2 Å². The van der Waals surface area contributed by atoms with Crippen LogP contribution in [0.15, 0.2) is 53.8 Å². The molecule has 0 aromatic heterocycles. The molecule has 1 aromatic carbocycles. The van der Waals surface area contributed by atoms with Gasteiger partial charge in [-0.2, -0.15) is 0 Å². The number of benzene rings is 1. The second-order valence-corrected chi connectivity index (χ2v) is 6.50. The summed E-state index contributed by atoms with van der Waals surface area (Å²) in [5.41, 5.74) is 3.07. The zero-order chi connectivity index (χ0) is 17.7. The van der Waals surface area contributed by atoms with E-state index in [4.69, 9.17) is 0 Å². The molecule has 2 rings (SSSR count). The average molecular weight is 329 g/mol. The van der Waals surface area contributed by atoms with Crippen LogP contribution in [0.2, 0.25) is 0 Å². The van der Waals surface area contributed by atoms with Crippen molar-refractivity contribution in [2.75, 3.05) is 0 Å². The van der Waals surface area contributed by atoms with E-state index in [0.717, 1.165) is 24.0 Å². The minimum absolute atomic E-state index is 0.00977. The van der Waals surface area contributed by atoms with Gasteiger partial charge in [0.15, 0.2) is 0 Å². The Morgan fingerprint density at radius 2 is 1.92 bits per heavy atom. The fourth-order valence-corrected chi connectivity index (χ4v) is 2.87. The normalized spacial score (nSPS) is 15.2. The summed E-state index contributed by atoms with van der Waals surface area (Å²) < 4.78 is 29.2. The van der Waals surface area contributed by atoms with Crippen molar-refractivity contribution in [2.45, 2.75) is 40.5 Å². The first-order valence-electron chi connectivity index (χ1n) is 8.38. The molecule has 0 atom stereocenters. The van der Waals surface area contributed by atoms with Gasteiger partial charge < -0.3 is 5.32 Å². The van der Waals surface area contributed by atoms with Gasteiger partial charge in [-0.15, -0.1) is 0 Å². The third-order valence-electron chi connectivity index (χ3n) is 3.86. The molecule has 0 unspecified atom stereocenters. The van der Waals surface area contributed by atoms with Gasteiger partial charge in [0.25, 0.3) is 0 Å². The molecule has 0 aliphatic heterocycles. The van der Waals surface area contributed by atoms with Gasteiger partial charge in [-0.1, -0.05) is 38.2 Å². The molecule has 0 saturated heterocycles. The lowest BCUT2D eigenvalue weighted by Crippen LogP contribution is -2.13. The summed E-state index contributed by atoms with van der Waals surface area (Å²) in [6.45, 7) is 7.77. The molecule has 0 fully saturated rings. The maximum absolute atomic E-state index is 14.6. The molecule has 0 amide bonds. The minimum atomic E-state index is -0.539. The van der Waals surface area contributed by atoms with Crippen molar-refractivity contribution in [1.29, 1.82) is 0 Å². The van der Waals surface area contributed by atoms with Crippen LogP contribution < -0.4 is 5.32 Å². The lowest BCUT2D eigenvalue weighted by molar-refractivity contribution is 0.572. The molecule has 1 aromatic rings. The lowest BCUT2D eigenvalue weighted by atomic mass is 9.91. The van der Waals surface area contributed by atoms with Crippen LogP contribution >= 0.6 is 0 Å². The maximum Gasteiger partial charge on any atom is 0.135 e. The summed E-state index contributed by atoms with van der Waals surface area (Å²) in [4.78, 5) is 0. The molecule has 24 heavy (non-hydrogen) atoms. The zero-order valence-electron chi connectivity index (χ0n) is 14.8. The second kappa shape index (κ2) is 8.09. The van der Waals surface area contributed by atoms with Crippen molar-refractivity contribution in [2.24, 2.45) is 5.92 Å². The van der Waals surface area contributed by atoms with E-state index < -0.39 is 11.6 Å². The number of halogens is 2. The fourth-order valence-electron chi connectivity index (χ4n) is 2.87. The van der Waals surface area contributed by atoms with E-state index >= 15 is 0 Å². The first-order valence-corrected chi connectivity index (χ1v) is 8.38. The van der Waals surface area contributed by atoms with Crippen molar-refractivity contribution in [1.82, 2.24) is 5.32 Å². The summed E-state index contributed by atoms with van der Waals surface area (Å²) in [7, 11) is 0. The van der Waals surface area contributed by atoms with Crippen molar-refractivity contribution >= 4 is 5.70 Å². The van der Waals surface area contributed by atoms with E-state index in [1.54, 1.807) is 13.1 Å². The number of nitrogens with one attached hydrogen (secondary N) is 1. The number of hydrogen-bond acceptors (Lipinski definition) is 1. The van der Waals surface area contributed by atoms with Crippen molar-refractivity contribution < 1.29 is 8.78 Å². The van der Waals surface area contributed by atoms with Gasteiger partial charge in [-0.05, 0) is 67.6 Å². The third kappa shape index (κ3) is 4.22. The summed E-state index contributed by atoms with van der Waals surface area (Å²) >= 11 is 0. The molecule has 1 aliphatic carbocycles. The van der Waals surface area contributed by atoms with Crippen molar-refractivity contribution in [3.63, 3.8) is 0 Å². The van der Waals surface area contributed by atoms with Gasteiger partial charge >= 0.3 is 0 Å². The SMILES string of the molecule is C/C=C/N/C(=C(\CC(C)C)C1=CCC=C1)c1c(F)cc(C)cc1F. The molecule has 3 heteroatoms. The van der Waals surface area contributed by atoms with Crippen LogP contribution in [-0.4, -0.2) is 0 Å². The standard InChI is InChI=1S/C21H25F2N/c1-5-10-24-21(20-18(22)12-15(4)13-19(20)23)17(11-14(2)3)16-8-6-7-9-16/h5-6,8-10,12-14,24H,7,11H2,1-4H3/b10-5+,21-17+. The van der Waals surface area contributed by atoms with E-state index in [1.807, 2.05) is 19.1 Å². The molecule has 0 heterocycles. The van der Waals surface area contributed by atoms with Crippen LogP contribution in [0.25, 0.3) is 5.70 Å². The molecular formula is C21H25F2N. The predicted octanol–water partition coefficient (Wildman–Crippen LogP) is 6.04. The highest BCUT2D eigenvalue weighted by molar-refractivity contribution is 5.74. The Labute approximate surface area is 143 Å². The predicted molar refractivity (Wildman–Crippen MR) is 97.3 cm³/mol. The Kier molecular flexibility index (Phi) is 6.13. The summed E-state index contributed by atoms with van der Waals surface area (Å²) in [6.07, 6.45) is 11.3. The highest BCUT2D eigenvalue weighted by Crippen LogP contribution is 2.33. The van der Waals surface area contributed by atoms with Crippen LogP contribution in [0, 0.1) is 24.5 Å². The lowest BCUT2D eigenvalue weighted by Gasteiger charge is -2.19. The van der Waals surface area contributed by atoms with Gasteiger partial charge in [0, 0.05) is 0 Å². The highest BCUT2D eigenvalue weighted by atomic mass is 19.1. The van der Waals surface area contributed by atoms with Gasteiger partial charge in [-0.3, -0.25) is 0 Å². The fraction of sp³-hybridized carbons (Fsp3) is 0.333. The molecule has 0 radical (unpaired) electrons. The third-order valence-corrected chi connectivity index (χ3v) is 3.86. The first-order chi connectivity index (χ1) is 11.4. The van der Waals surface area contributed by atoms with Crippen molar-refractivity contribution in [3.05, 3.63) is 76.5 Å². The van der Waals surface area contributed by atoms with Crippen LogP contribution in [0.5, 0.6) is 0 Å². The summed E-state index contributed by atoms with van der Waals surface area (Å²) in [6, 6.07) is 2.75. The second-order valence-electron chi connectivity index (χ2n) is 6.50. The number of allylic oxidation sites excluding steroid dienone is 6. The maximum atomic E-state index is 14.6. The zero-order valence-corrected chi connectivity index (χ0v) is 14.8. The van der Waals surface area contributed by atoms with Crippen molar-refractivity contribution in [3.8, 4) is 0 Å². The average Bonchev–Trinajstić information content (AvgIpc) is 3.01. The molecule has 128 valence electrons. The van der Waals surface area contributed by atoms with Gasteiger partial charge in [-0.25, -0.2) is 8.78 Å². The highest BCUT2D eigenvalue weighted by Gasteiger charge is 2.21. The quantitative estimate of drug-likeness (QED) is 0.671. The van der Waals surface area contributed by atoms with Crippen LogP contribution in [0.1, 0.15) is 44.7 Å². The van der Waals surface area contributed by atoms with Crippen LogP contribution in [0.3, 0.4) is 0 Å². The largest absolute Gasteiger partial charge is 0.361 e. The van der Waals surface area contributed by atoms with Gasteiger partial charge in [0.05, 0.1) is 11.3 Å². The summed E-state index contributed by atoms with van der Waals surface area (Å²) in [5.74, 6) is -0.708. The van der Waals surface area contributed by atoms with Gasteiger partial charge in [0.1, 0.15) is 11.6 Å². The topological polar surface area (TPSA) is 12.0 Å². The Bertz CT molecular complexity index is 698. The number of aryl methyl sites for hydroxylation is 1. The van der Waals surface area contributed by atoms with E-state index in [9.17, 15) is 8.78 Å². The smallest absolute Gasteiger partial charge is 0.135 e. The molecule has 0 bridgehead atoms. The minimum Gasteiger partial charge on any atom is -0.361 e. The van der Waals surface area contributed by atoms with Crippen LogP contribution in [0.4, 0.5) is 8.78 Å². The molecular weight excluding hydrogens is 304 g/mol. The van der Waals surface area contributed by atoms with E-state index in [1.165, 1.54) is 12.1 Å². The monoisotopic (exact) mass is 329 g/mol. The molecule has 0 saturated carbocycles. The van der Waals surface area contributed by atoms with Gasteiger partial charge in [0.2, 0.25) is 0 Å². The molecule has 1 aliphatic rings. The Morgan fingerprint density at radius 3 is 2.42 bits per heavy atom. The van der Waals surface area contributed by atoms with E-state index in [-0.39, 0.29) is 5.56 Å². The number of rotatable bonds is 6. The Balaban J connectivity index is 2.70. The summed E-state index contributed by atoms with van der Waals surface area (Å²) in [5, 5.41) is 3.11. The first kappa shape index (κ1) is 18.2. The Morgan fingerprint density at radius 1 is 1.25 bits per heavy atom.